The van der Waals surface area contributed by atoms with Gasteiger partial charge in [-0.15, -0.1) is 0 Å². The molecule has 51 heavy (non-hydrogen) atoms. The minimum Gasteiger partial charge on any atom is -0.756 e. The first-order valence-corrected chi connectivity index (χ1v) is 22.0. The number of ether oxygens (including phenoxy) is 2. The largest absolute Gasteiger partial charge is 0.756 e. The number of phosphoric acid groups is 1. The van der Waals surface area contributed by atoms with Crippen LogP contribution in [0.1, 0.15) is 174 Å². The number of likely N-dealkylation sites (N-methyl/N-ethyl adjacent to an activating group) is 1. The Kier molecular flexibility index (Phi) is 33.3. The first-order valence-electron chi connectivity index (χ1n) is 20.5. The van der Waals surface area contributed by atoms with Crippen LogP contribution in [0.4, 0.5) is 0 Å². The van der Waals surface area contributed by atoms with Crippen LogP contribution < -0.4 is 4.89 Å². The van der Waals surface area contributed by atoms with E-state index in [0.29, 0.717) is 17.4 Å². The molecule has 0 radical (unpaired) electrons. The summed E-state index contributed by atoms with van der Waals surface area (Å²) in [5.74, 6) is -0.854. The topological polar surface area (TPSA) is 111 Å². The van der Waals surface area contributed by atoms with Gasteiger partial charge >= 0.3 is 11.9 Å². The molecule has 0 spiro atoms. The second-order valence-corrected chi connectivity index (χ2v) is 16.4. The molecule has 9 nitrogen and oxygen atoms in total. The van der Waals surface area contributed by atoms with E-state index in [-0.39, 0.29) is 26.1 Å². The predicted molar refractivity (Wildman–Crippen MR) is 208 cm³/mol. The molecule has 0 bridgehead atoms. The molecule has 0 aromatic carbocycles. The minimum atomic E-state index is -4.62. The fourth-order valence-corrected chi connectivity index (χ4v) is 6.14. The average molecular weight is 744 g/mol. The molecule has 1 unspecified atom stereocenters. The lowest BCUT2D eigenvalue weighted by atomic mass is 10.1. The van der Waals surface area contributed by atoms with Crippen molar-refractivity contribution in [2.24, 2.45) is 0 Å². The van der Waals surface area contributed by atoms with E-state index in [4.69, 9.17) is 18.5 Å². The van der Waals surface area contributed by atoms with Crippen LogP contribution in [-0.4, -0.2) is 70.0 Å². The first kappa shape index (κ1) is 49.5. The highest BCUT2D eigenvalue weighted by Crippen LogP contribution is 2.38. The molecule has 10 heteroatoms. The maximum Gasteiger partial charge on any atom is 0.306 e. The first-order chi connectivity index (χ1) is 24.5. The number of hydrogen-bond acceptors (Lipinski definition) is 8. The van der Waals surface area contributed by atoms with Gasteiger partial charge in [0.25, 0.3) is 7.82 Å². The highest BCUT2D eigenvalue weighted by molar-refractivity contribution is 7.45. The molecule has 300 valence electrons. The van der Waals surface area contributed by atoms with E-state index in [0.717, 1.165) is 70.6 Å². The van der Waals surface area contributed by atoms with Gasteiger partial charge in [-0.3, -0.25) is 14.2 Å². The zero-order chi connectivity index (χ0) is 37.9. The molecule has 0 amide bonds. The number of esters is 2. The molecule has 0 aliphatic heterocycles. The lowest BCUT2D eigenvalue weighted by Gasteiger charge is -2.28. The van der Waals surface area contributed by atoms with Crippen LogP contribution >= 0.6 is 7.82 Å². The molecule has 0 aliphatic carbocycles. The maximum atomic E-state index is 12.6. The number of carbonyl (C=O) groups excluding carboxylic acids is 2. The van der Waals surface area contributed by atoms with E-state index in [1.54, 1.807) is 0 Å². The van der Waals surface area contributed by atoms with Crippen molar-refractivity contribution in [2.45, 2.75) is 180 Å². The number of unbranched alkanes of at least 4 members (excludes halogenated alkanes) is 19. The molecule has 0 rings (SSSR count). The summed E-state index contributed by atoms with van der Waals surface area (Å²) in [4.78, 5) is 37.4. The van der Waals surface area contributed by atoms with E-state index in [1.165, 1.54) is 70.6 Å². The summed E-state index contributed by atoms with van der Waals surface area (Å²) < 4.78 is 33.8. The van der Waals surface area contributed by atoms with Crippen molar-refractivity contribution in [3.05, 3.63) is 24.3 Å². The van der Waals surface area contributed by atoms with Crippen molar-refractivity contribution < 1.29 is 42.1 Å². The number of phosphoric ester groups is 1. The van der Waals surface area contributed by atoms with Crippen LogP contribution in [0.15, 0.2) is 24.3 Å². The highest BCUT2D eigenvalue weighted by atomic mass is 31.2. The van der Waals surface area contributed by atoms with Gasteiger partial charge in [-0.2, -0.15) is 0 Å². The van der Waals surface area contributed by atoms with Crippen LogP contribution in [0.25, 0.3) is 0 Å². The molecule has 0 heterocycles. The van der Waals surface area contributed by atoms with Crippen molar-refractivity contribution >= 4 is 19.8 Å². The second kappa shape index (κ2) is 34.3. The van der Waals surface area contributed by atoms with Crippen LogP contribution in [-0.2, 0) is 32.7 Å². The van der Waals surface area contributed by atoms with Gasteiger partial charge in [0.1, 0.15) is 19.8 Å². The SMILES string of the molecule is CCCCCC/C=C\CCCCCCCC(=O)OC[C@H](COP(=O)([O-])OCC[N+](C)(C)C)OC(=O)CCCCCCC/C=C\CCCCCCC. The quantitative estimate of drug-likeness (QED) is 0.0203. The molecule has 0 saturated heterocycles. The van der Waals surface area contributed by atoms with Gasteiger partial charge in [0.05, 0.1) is 27.7 Å². The van der Waals surface area contributed by atoms with Gasteiger partial charge in [-0.05, 0) is 64.2 Å². The fourth-order valence-electron chi connectivity index (χ4n) is 5.41. The summed E-state index contributed by atoms with van der Waals surface area (Å²) in [6.45, 7) is 4.17. The highest BCUT2D eigenvalue weighted by Gasteiger charge is 2.21. The summed E-state index contributed by atoms with van der Waals surface area (Å²) in [6.07, 6.45) is 34.8. The van der Waals surface area contributed by atoms with E-state index >= 15 is 0 Å². The molecular formula is C41H78NO8P. The van der Waals surface area contributed by atoms with Gasteiger partial charge in [-0.25, -0.2) is 0 Å². The van der Waals surface area contributed by atoms with E-state index in [9.17, 15) is 19.0 Å². The Morgan fingerprint density at radius 1 is 0.588 bits per heavy atom. The summed E-state index contributed by atoms with van der Waals surface area (Å²) in [5.41, 5.74) is 0. The van der Waals surface area contributed by atoms with Crippen molar-refractivity contribution in [3.63, 3.8) is 0 Å². The van der Waals surface area contributed by atoms with Gasteiger partial charge in [-0.1, -0.05) is 122 Å². The smallest absolute Gasteiger partial charge is 0.306 e. The standard InChI is InChI=1S/C41H78NO8P/c1-6-8-10-12-14-16-18-20-22-24-26-28-30-32-34-41(44)50-39(38-49-51(45,46)48-36-35-42(3,4)5)37-47-40(43)33-31-29-27-25-23-21-19-17-15-13-11-9-7-2/h17-20,39H,6-16,21-38H2,1-5H3/b19-17-,20-18-/t39-/m1/s1. The molecule has 0 aliphatic rings. The molecular weight excluding hydrogens is 665 g/mol. The minimum absolute atomic E-state index is 0.0328. The van der Waals surface area contributed by atoms with Gasteiger partial charge in [0.2, 0.25) is 0 Å². The normalized spacial score (nSPS) is 13.9. The van der Waals surface area contributed by atoms with Crippen LogP contribution in [0.5, 0.6) is 0 Å². The summed E-state index contributed by atoms with van der Waals surface area (Å²) in [5, 5.41) is 0. The summed E-state index contributed by atoms with van der Waals surface area (Å²) >= 11 is 0. The van der Waals surface area contributed by atoms with Crippen molar-refractivity contribution in [2.75, 3.05) is 47.5 Å². The molecule has 0 N–H and O–H groups in total. The zero-order valence-corrected chi connectivity index (χ0v) is 34.4. The third-order valence-electron chi connectivity index (χ3n) is 8.69. The molecule has 0 saturated carbocycles. The number of rotatable bonds is 37. The van der Waals surface area contributed by atoms with Gasteiger partial charge in [0, 0.05) is 12.8 Å². The Labute approximate surface area is 313 Å². The third-order valence-corrected chi connectivity index (χ3v) is 9.66. The second-order valence-electron chi connectivity index (χ2n) is 15.0. The molecule has 2 atom stereocenters. The maximum absolute atomic E-state index is 12.6. The average Bonchev–Trinajstić information content (AvgIpc) is 3.07. The van der Waals surface area contributed by atoms with Gasteiger partial charge in [0.15, 0.2) is 6.10 Å². The van der Waals surface area contributed by atoms with Gasteiger partial charge < -0.3 is 27.9 Å². The van der Waals surface area contributed by atoms with Crippen molar-refractivity contribution in [3.8, 4) is 0 Å². The Balaban J connectivity index is 4.43. The zero-order valence-electron chi connectivity index (χ0n) is 33.6. The number of allylic oxidation sites excluding steroid dienone is 4. The molecule has 0 aromatic heterocycles. The van der Waals surface area contributed by atoms with E-state index < -0.39 is 32.5 Å². The van der Waals surface area contributed by atoms with Crippen LogP contribution in [0, 0.1) is 0 Å². The summed E-state index contributed by atoms with van der Waals surface area (Å²) in [7, 11) is 1.16. The third kappa shape index (κ3) is 38.0. The molecule has 0 aromatic rings. The fraction of sp³-hybridized carbons (Fsp3) is 0.854. The van der Waals surface area contributed by atoms with Crippen molar-refractivity contribution in [1.82, 2.24) is 0 Å². The number of hydrogen-bond donors (Lipinski definition) is 0. The summed E-state index contributed by atoms with van der Waals surface area (Å²) in [6, 6.07) is 0. The Hall–Kier alpha value is -1.51. The number of nitrogens with zero attached hydrogens (tertiary/aromatic N) is 1. The monoisotopic (exact) mass is 744 g/mol. The van der Waals surface area contributed by atoms with E-state index in [2.05, 4.69) is 38.2 Å². The lowest BCUT2D eigenvalue weighted by Crippen LogP contribution is -2.37. The number of carbonyl (C=O) groups is 2. The molecule has 0 fully saturated rings. The van der Waals surface area contributed by atoms with Crippen LogP contribution in [0.2, 0.25) is 0 Å². The van der Waals surface area contributed by atoms with Crippen molar-refractivity contribution in [1.29, 1.82) is 0 Å². The Morgan fingerprint density at radius 3 is 1.47 bits per heavy atom. The Morgan fingerprint density at radius 2 is 1.00 bits per heavy atom. The predicted octanol–water partition coefficient (Wildman–Crippen LogP) is 10.6. The number of quaternary nitrogens is 1. The lowest BCUT2D eigenvalue weighted by molar-refractivity contribution is -0.870. The van der Waals surface area contributed by atoms with E-state index in [1.807, 2.05) is 21.1 Å². The van der Waals surface area contributed by atoms with Crippen LogP contribution in [0.3, 0.4) is 0 Å². The Bertz CT molecular complexity index is 933.